The van der Waals surface area contributed by atoms with Crippen molar-refractivity contribution in [2.45, 2.75) is 52.0 Å². The lowest BCUT2D eigenvalue weighted by Gasteiger charge is -2.21. The van der Waals surface area contributed by atoms with Crippen molar-refractivity contribution in [2.75, 3.05) is 25.0 Å². The van der Waals surface area contributed by atoms with E-state index >= 15 is 0 Å². The van der Waals surface area contributed by atoms with Crippen LogP contribution in [-0.2, 0) is 17.6 Å². The summed E-state index contributed by atoms with van der Waals surface area (Å²) in [6.45, 7) is 6.15. The summed E-state index contributed by atoms with van der Waals surface area (Å²) in [7, 11) is 0. The fourth-order valence-electron chi connectivity index (χ4n) is 4.15. The number of aromatic nitrogens is 3. The number of rotatable bonds is 4. The molecule has 1 unspecified atom stereocenters. The van der Waals surface area contributed by atoms with Crippen molar-refractivity contribution in [1.29, 1.82) is 0 Å². The third-order valence-corrected chi connectivity index (χ3v) is 5.22. The summed E-state index contributed by atoms with van der Waals surface area (Å²) in [6.07, 6.45) is 5.82. The van der Waals surface area contributed by atoms with Crippen LogP contribution in [0.15, 0.2) is 10.6 Å². The minimum atomic E-state index is -0.0545. The maximum Gasteiger partial charge on any atom is 0.240 e. The molecule has 1 aliphatic heterocycles. The van der Waals surface area contributed by atoms with Crippen molar-refractivity contribution in [3.05, 3.63) is 29.0 Å². The van der Waals surface area contributed by atoms with Crippen LogP contribution in [0, 0.1) is 13.8 Å². The normalized spacial score (nSPS) is 20.6. The van der Waals surface area contributed by atoms with E-state index in [0.29, 0.717) is 18.5 Å². The molecular weight excluding hydrogens is 318 g/mol. The Morgan fingerprint density at radius 2 is 2.20 bits per heavy atom. The second-order valence-corrected chi connectivity index (χ2v) is 7.19. The van der Waals surface area contributed by atoms with E-state index in [-0.39, 0.29) is 5.91 Å². The first-order valence-electron chi connectivity index (χ1n) is 9.12. The highest BCUT2D eigenvalue weighted by Gasteiger charge is 2.30. The standard InChI is InChI=1S/C18H25N5O2/c1-12-9-18(25-21-12)20-17(24)11-22-8-7-14(10-22)23-13(2)19-15-5-3-4-6-16(15)23/h9,14H,3-8,10-11H2,1-2H3,(H,20,24). The number of imidazole rings is 1. The van der Waals surface area contributed by atoms with Crippen LogP contribution in [0.25, 0.3) is 0 Å². The van der Waals surface area contributed by atoms with Crippen LogP contribution >= 0.6 is 0 Å². The topological polar surface area (TPSA) is 76.2 Å². The molecule has 2 aliphatic rings. The molecule has 1 atom stereocenters. The fourth-order valence-corrected chi connectivity index (χ4v) is 4.15. The number of aryl methyl sites for hydroxylation is 3. The second kappa shape index (κ2) is 6.63. The maximum atomic E-state index is 12.2. The van der Waals surface area contributed by atoms with Gasteiger partial charge >= 0.3 is 0 Å². The average Bonchev–Trinajstić information content (AvgIpc) is 3.26. The van der Waals surface area contributed by atoms with E-state index in [0.717, 1.165) is 43.9 Å². The van der Waals surface area contributed by atoms with Crippen LogP contribution in [0.1, 0.15) is 48.2 Å². The third kappa shape index (κ3) is 3.33. The lowest BCUT2D eigenvalue weighted by atomic mass is 10.0. The number of hydrogen-bond donors (Lipinski definition) is 1. The van der Waals surface area contributed by atoms with Crippen LogP contribution < -0.4 is 5.32 Å². The molecule has 1 aliphatic carbocycles. The number of nitrogens with zero attached hydrogens (tertiary/aromatic N) is 4. The zero-order valence-electron chi connectivity index (χ0n) is 14.9. The molecule has 7 nitrogen and oxygen atoms in total. The van der Waals surface area contributed by atoms with Gasteiger partial charge < -0.3 is 9.09 Å². The first kappa shape index (κ1) is 16.3. The van der Waals surface area contributed by atoms with Crippen molar-refractivity contribution >= 4 is 11.8 Å². The highest BCUT2D eigenvalue weighted by atomic mass is 16.5. The molecule has 0 radical (unpaired) electrons. The lowest BCUT2D eigenvalue weighted by molar-refractivity contribution is -0.117. The average molecular weight is 343 g/mol. The molecule has 7 heteroatoms. The molecule has 1 fully saturated rings. The summed E-state index contributed by atoms with van der Waals surface area (Å²) in [5, 5.41) is 6.56. The summed E-state index contributed by atoms with van der Waals surface area (Å²) in [6, 6.07) is 2.15. The molecular formula is C18H25N5O2. The molecule has 0 bridgehead atoms. The van der Waals surface area contributed by atoms with Crippen LogP contribution in [0.5, 0.6) is 0 Å². The number of anilines is 1. The molecule has 0 saturated carbocycles. The van der Waals surface area contributed by atoms with E-state index < -0.39 is 0 Å². The third-order valence-electron chi connectivity index (χ3n) is 5.22. The number of fused-ring (bicyclic) bond motifs is 1. The van der Waals surface area contributed by atoms with Crippen LogP contribution in [-0.4, -0.2) is 45.1 Å². The van der Waals surface area contributed by atoms with E-state index in [1.165, 1.54) is 24.2 Å². The van der Waals surface area contributed by atoms with Gasteiger partial charge in [-0.15, -0.1) is 0 Å². The van der Waals surface area contributed by atoms with Crippen molar-refractivity contribution in [3.8, 4) is 0 Å². The van der Waals surface area contributed by atoms with Crippen LogP contribution in [0.4, 0.5) is 5.88 Å². The van der Waals surface area contributed by atoms with Gasteiger partial charge in [-0.1, -0.05) is 5.16 Å². The Labute approximate surface area is 147 Å². The van der Waals surface area contributed by atoms with Crippen molar-refractivity contribution in [1.82, 2.24) is 19.6 Å². The van der Waals surface area contributed by atoms with Gasteiger partial charge in [-0.2, -0.15) is 0 Å². The van der Waals surface area contributed by atoms with Gasteiger partial charge in [-0.25, -0.2) is 4.98 Å². The first-order chi connectivity index (χ1) is 12.1. The Balaban J connectivity index is 1.38. The van der Waals surface area contributed by atoms with Gasteiger partial charge in [-0.05, 0) is 46.0 Å². The number of amides is 1. The molecule has 2 aromatic heterocycles. The molecule has 3 heterocycles. The monoisotopic (exact) mass is 343 g/mol. The summed E-state index contributed by atoms with van der Waals surface area (Å²) < 4.78 is 7.48. The summed E-state index contributed by atoms with van der Waals surface area (Å²) in [4.78, 5) is 19.2. The lowest BCUT2D eigenvalue weighted by Crippen LogP contribution is -2.32. The van der Waals surface area contributed by atoms with E-state index in [1.807, 2.05) is 6.92 Å². The molecule has 0 aromatic carbocycles. The Kier molecular flexibility index (Phi) is 4.33. The van der Waals surface area contributed by atoms with Crippen molar-refractivity contribution in [3.63, 3.8) is 0 Å². The number of likely N-dealkylation sites (tertiary alicyclic amines) is 1. The van der Waals surface area contributed by atoms with Gasteiger partial charge in [-0.3, -0.25) is 15.0 Å². The van der Waals surface area contributed by atoms with Gasteiger partial charge in [0.25, 0.3) is 0 Å². The predicted octanol–water partition coefficient (Wildman–Crippen LogP) is 2.25. The second-order valence-electron chi connectivity index (χ2n) is 7.19. The minimum Gasteiger partial charge on any atom is -0.338 e. The molecule has 25 heavy (non-hydrogen) atoms. The smallest absolute Gasteiger partial charge is 0.240 e. The molecule has 1 amide bonds. The minimum absolute atomic E-state index is 0.0545. The molecule has 2 aromatic rings. The van der Waals surface area contributed by atoms with E-state index in [4.69, 9.17) is 9.51 Å². The Bertz CT molecular complexity index is 779. The van der Waals surface area contributed by atoms with Crippen molar-refractivity contribution < 1.29 is 9.32 Å². The van der Waals surface area contributed by atoms with E-state index in [9.17, 15) is 4.79 Å². The Morgan fingerprint density at radius 3 is 3.00 bits per heavy atom. The zero-order chi connectivity index (χ0) is 17.4. The number of carbonyl (C=O) groups is 1. The first-order valence-corrected chi connectivity index (χ1v) is 9.12. The fraction of sp³-hybridized carbons (Fsp3) is 0.611. The summed E-state index contributed by atoms with van der Waals surface area (Å²) >= 11 is 0. The van der Waals surface area contributed by atoms with Gasteiger partial charge in [0, 0.05) is 30.9 Å². The SMILES string of the molecule is Cc1cc(NC(=O)CN2CCC(n3c(C)nc4c3CCCC4)C2)on1. The molecule has 1 saturated heterocycles. The van der Waals surface area contributed by atoms with Gasteiger partial charge in [0.15, 0.2) is 0 Å². The van der Waals surface area contributed by atoms with Crippen LogP contribution in [0.2, 0.25) is 0 Å². The van der Waals surface area contributed by atoms with Gasteiger partial charge in [0.05, 0.1) is 17.9 Å². The summed E-state index contributed by atoms with van der Waals surface area (Å²) in [5.74, 6) is 1.49. The molecule has 134 valence electrons. The van der Waals surface area contributed by atoms with Gasteiger partial charge in [0.1, 0.15) is 5.82 Å². The van der Waals surface area contributed by atoms with Crippen molar-refractivity contribution in [2.24, 2.45) is 0 Å². The van der Waals surface area contributed by atoms with E-state index in [2.05, 4.69) is 26.9 Å². The highest BCUT2D eigenvalue weighted by Crippen LogP contribution is 2.30. The maximum absolute atomic E-state index is 12.2. The Morgan fingerprint density at radius 1 is 1.36 bits per heavy atom. The molecule has 0 spiro atoms. The van der Waals surface area contributed by atoms with Crippen LogP contribution in [0.3, 0.4) is 0 Å². The quantitative estimate of drug-likeness (QED) is 0.921. The number of carbonyl (C=O) groups excluding carboxylic acids is 1. The van der Waals surface area contributed by atoms with E-state index in [1.54, 1.807) is 6.07 Å². The molecule has 1 N–H and O–H groups in total. The molecule has 4 rings (SSSR count). The highest BCUT2D eigenvalue weighted by molar-refractivity contribution is 5.90. The predicted molar refractivity (Wildman–Crippen MR) is 93.6 cm³/mol. The number of hydrogen-bond acceptors (Lipinski definition) is 5. The zero-order valence-corrected chi connectivity index (χ0v) is 14.9. The van der Waals surface area contributed by atoms with Gasteiger partial charge in [0.2, 0.25) is 11.8 Å². The summed E-state index contributed by atoms with van der Waals surface area (Å²) in [5.41, 5.74) is 3.48. The number of nitrogens with one attached hydrogen (secondary N) is 1. The largest absolute Gasteiger partial charge is 0.338 e. The Hall–Kier alpha value is -2.15.